The maximum absolute atomic E-state index is 14.1. The average molecular weight is 600 g/mol. The van der Waals surface area contributed by atoms with E-state index in [4.69, 9.17) is 11.6 Å². The van der Waals surface area contributed by atoms with E-state index in [0.717, 1.165) is 60.4 Å². The number of carbonyl (C=O) groups is 2. The number of hydrogen-bond donors (Lipinski definition) is 1. The van der Waals surface area contributed by atoms with Gasteiger partial charge in [-0.15, -0.1) is 0 Å². The van der Waals surface area contributed by atoms with Crippen LogP contribution in [0.3, 0.4) is 0 Å². The predicted octanol–water partition coefficient (Wildman–Crippen LogP) is 5.33. The fraction of sp³-hybridized carbons (Fsp3) is 0.355. The molecule has 0 aromatic heterocycles. The molecule has 0 aliphatic heterocycles. The van der Waals surface area contributed by atoms with Gasteiger partial charge in [0, 0.05) is 24.0 Å². The van der Waals surface area contributed by atoms with Crippen LogP contribution in [-0.2, 0) is 32.6 Å². The van der Waals surface area contributed by atoms with Crippen LogP contribution < -0.4 is 9.62 Å². The van der Waals surface area contributed by atoms with Crippen molar-refractivity contribution in [1.82, 2.24) is 10.2 Å². The average Bonchev–Trinajstić information content (AvgIpc) is 2.95. The van der Waals surface area contributed by atoms with Gasteiger partial charge in [-0.3, -0.25) is 13.9 Å². The second-order valence-corrected chi connectivity index (χ2v) is 12.7. The highest BCUT2D eigenvalue weighted by Gasteiger charge is 2.34. The molecule has 1 aliphatic rings. The number of sulfonamides is 1. The summed E-state index contributed by atoms with van der Waals surface area (Å²) in [5.41, 5.74) is 1.62. The Labute approximate surface area is 246 Å². The van der Waals surface area contributed by atoms with E-state index in [2.05, 4.69) is 5.32 Å². The predicted molar refractivity (Wildman–Crippen MR) is 160 cm³/mol. The molecule has 4 rings (SSSR count). The van der Waals surface area contributed by atoms with Gasteiger partial charge in [0.1, 0.15) is 18.4 Å². The molecule has 10 heteroatoms. The summed E-state index contributed by atoms with van der Waals surface area (Å²) in [7, 11) is -3.93. The van der Waals surface area contributed by atoms with Crippen LogP contribution in [-0.4, -0.2) is 50.0 Å². The van der Waals surface area contributed by atoms with Crippen molar-refractivity contribution in [1.29, 1.82) is 0 Å². The van der Waals surface area contributed by atoms with Gasteiger partial charge in [0.05, 0.1) is 11.9 Å². The molecule has 1 aliphatic carbocycles. The van der Waals surface area contributed by atoms with Crippen molar-refractivity contribution in [3.05, 3.63) is 101 Å². The minimum absolute atomic E-state index is 0.00485. The molecule has 0 saturated heterocycles. The number of amides is 2. The highest BCUT2D eigenvalue weighted by Crippen LogP contribution is 2.24. The third kappa shape index (κ3) is 8.53. The van der Waals surface area contributed by atoms with Crippen molar-refractivity contribution in [2.45, 2.75) is 57.2 Å². The monoisotopic (exact) mass is 599 g/mol. The molecule has 218 valence electrons. The van der Waals surface area contributed by atoms with E-state index in [9.17, 15) is 22.4 Å². The van der Waals surface area contributed by atoms with Gasteiger partial charge in [-0.25, -0.2) is 12.8 Å². The van der Waals surface area contributed by atoms with Crippen molar-refractivity contribution in [2.24, 2.45) is 0 Å². The zero-order chi connectivity index (χ0) is 29.4. The first-order valence-corrected chi connectivity index (χ1v) is 15.9. The minimum Gasteiger partial charge on any atom is -0.352 e. The van der Waals surface area contributed by atoms with Crippen molar-refractivity contribution in [3.63, 3.8) is 0 Å². The van der Waals surface area contributed by atoms with Crippen LogP contribution in [0.15, 0.2) is 78.9 Å². The van der Waals surface area contributed by atoms with Crippen LogP contribution >= 0.6 is 11.6 Å². The number of nitrogens with one attached hydrogen (secondary N) is 1. The summed E-state index contributed by atoms with van der Waals surface area (Å²) in [4.78, 5) is 29.4. The van der Waals surface area contributed by atoms with Gasteiger partial charge in [-0.2, -0.15) is 0 Å². The van der Waals surface area contributed by atoms with E-state index < -0.39 is 34.3 Å². The Balaban J connectivity index is 1.72. The van der Waals surface area contributed by atoms with E-state index in [1.54, 1.807) is 24.3 Å². The minimum atomic E-state index is -3.93. The summed E-state index contributed by atoms with van der Waals surface area (Å²) < 4.78 is 40.1. The lowest BCUT2D eigenvalue weighted by atomic mass is 9.94. The standard InChI is InChI=1S/C31H35ClFN3O4S/c1-41(39,40)36(27-18-16-25(33)17-19-27)22-30(37)35(21-24-12-8-9-15-28(24)32)29(20-23-10-4-2-5-11-23)31(38)34-26-13-6-3-7-14-26/h2,4-5,8-12,15-19,26,29H,3,6-7,13-14,20-22H2,1H3,(H,34,38)/t29-/m1/s1. The summed E-state index contributed by atoms with van der Waals surface area (Å²) in [6.45, 7) is -0.577. The molecule has 1 saturated carbocycles. The zero-order valence-corrected chi connectivity index (χ0v) is 24.6. The lowest BCUT2D eigenvalue weighted by Gasteiger charge is -2.35. The van der Waals surface area contributed by atoms with Crippen LogP contribution in [0, 0.1) is 5.82 Å². The zero-order valence-electron chi connectivity index (χ0n) is 23.0. The Morgan fingerprint density at radius 2 is 1.59 bits per heavy atom. The number of halogens is 2. The van der Waals surface area contributed by atoms with Crippen LogP contribution in [0.1, 0.15) is 43.2 Å². The molecule has 0 bridgehead atoms. The molecule has 0 heterocycles. The summed E-state index contributed by atoms with van der Waals surface area (Å²) >= 11 is 6.48. The molecule has 0 unspecified atom stereocenters. The Kier molecular flexibility index (Phi) is 10.4. The summed E-state index contributed by atoms with van der Waals surface area (Å²) in [5.74, 6) is -1.41. The first kappa shape index (κ1) is 30.5. The summed E-state index contributed by atoms with van der Waals surface area (Å²) in [6, 6.07) is 20.4. The largest absolute Gasteiger partial charge is 0.352 e. The van der Waals surface area contributed by atoms with Crippen molar-refractivity contribution < 1.29 is 22.4 Å². The molecule has 7 nitrogen and oxygen atoms in total. The normalized spacial score (nSPS) is 14.7. The number of hydrogen-bond acceptors (Lipinski definition) is 4. The summed E-state index contributed by atoms with van der Waals surface area (Å²) in [5, 5.41) is 3.58. The summed E-state index contributed by atoms with van der Waals surface area (Å²) in [6.07, 6.45) is 6.13. The first-order valence-electron chi connectivity index (χ1n) is 13.7. The van der Waals surface area contributed by atoms with Crippen LogP contribution in [0.25, 0.3) is 0 Å². The number of carbonyl (C=O) groups excluding carboxylic acids is 2. The molecule has 1 fully saturated rings. The van der Waals surface area contributed by atoms with Gasteiger partial charge in [-0.1, -0.05) is 79.4 Å². The quantitative estimate of drug-likeness (QED) is 0.323. The smallest absolute Gasteiger partial charge is 0.244 e. The third-order valence-electron chi connectivity index (χ3n) is 7.31. The molecule has 0 radical (unpaired) electrons. The number of anilines is 1. The maximum Gasteiger partial charge on any atom is 0.244 e. The third-order valence-corrected chi connectivity index (χ3v) is 8.82. The van der Waals surface area contributed by atoms with E-state index in [1.165, 1.54) is 17.0 Å². The van der Waals surface area contributed by atoms with E-state index in [-0.39, 0.29) is 30.6 Å². The second kappa shape index (κ2) is 14.0. The van der Waals surface area contributed by atoms with Gasteiger partial charge < -0.3 is 10.2 Å². The number of nitrogens with zero attached hydrogens (tertiary/aromatic N) is 2. The maximum atomic E-state index is 14.1. The molecule has 1 atom stereocenters. The molecule has 1 N–H and O–H groups in total. The van der Waals surface area contributed by atoms with Gasteiger partial charge in [0.15, 0.2) is 0 Å². The number of rotatable bonds is 11. The van der Waals surface area contributed by atoms with Crippen molar-refractivity contribution >= 4 is 39.1 Å². The SMILES string of the molecule is CS(=O)(=O)N(CC(=O)N(Cc1ccccc1Cl)[C@H](Cc1ccccc1)C(=O)NC1CCCCC1)c1ccc(F)cc1. The Morgan fingerprint density at radius 3 is 2.22 bits per heavy atom. The first-order chi connectivity index (χ1) is 19.6. The lowest BCUT2D eigenvalue weighted by molar-refractivity contribution is -0.140. The van der Waals surface area contributed by atoms with E-state index in [1.807, 2.05) is 30.3 Å². The Hall–Kier alpha value is -3.43. The molecule has 0 spiro atoms. The number of benzene rings is 3. The van der Waals surface area contributed by atoms with Gasteiger partial charge in [-0.05, 0) is 54.3 Å². The molecule has 2 amide bonds. The van der Waals surface area contributed by atoms with Gasteiger partial charge in [0.25, 0.3) is 0 Å². The van der Waals surface area contributed by atoms with Gasteiger partial charge in [0.2, 0.25) is 21.8 Å². The molecular formula is C31H35ClFN3O4S. The fourth-order valence-corrected chi connectivity index (χ4v) is 6.17. The molecule has 41 heavy (non-hydrogen) atoms. The van der Waals surface area contributed by atoms with E-state index >= 15 is 0 Å². The Morgan fingerprint density at radius 1 is 0.951 bits per heavy atom. The van der Waals surface area contributed by atoms with Gasteiger partial charge >= 0.3 is 0 Å². The fourth-order valence-electron chi connectivity index (χ4n) is 5.13. The molecule has 3 aromatic carbocycles. The molecule has 3 aromatic rings. The van der Waals surface area contributed by atoms with Crippen LogP contribution in [0.2, 0.25) is 5.02 Å². The van der Waals surface area contributed by atoms with Crippen molar-refractivity contribution in [3.8, 4) is 0 Å². The highest BCUT2D eigenvalue weighted by atomic mass is 35.5. The second-order valence-electron chi connectivity index (χ2n) is 10.4. The highest BCUT2D eigenvalue weighted by molar-refractivity contribution is 7.92. The van der Waals surface area contributed by atoms with E-state index in [0.29, 0.717) is 10.6 Å². The molecular weight excluding hydrogens is 565 g/mol. The van der Waals surface area contributed by atoms with Crippen LogP contribution in [0.5, 0.6) is 0 Å². The Bertz CT molecular complexity index is 1430. The topological polar surface area (TPSA) is 86.8 Å². The lowest BCUT2D eigenvalue weighted by Crippen LogP contribution is -2.55. The van der Waals surface area contributed by atoms with Crippen LogP contribution in [0.4, 0.5) is 10.1 Å². The van der Waals surface area contributed by atoms with Crippen molar-refractivity contribution in [2.75, 3.05) is 17.1 Å².